The highest BCUT2D eigenvalue weighted by atomic mass is 127. The normalized spacial score (nSPS) is 10.2. The summed E-state index contributed by atoms with van der Waals surface area (Å²) in [5, 5.41) is 0. The van der Waals surface area contributed by atoms with Gasteiger partial charge in [-0.2, -0.15) is 0 Å². The zero-order valence-corrected chi connectivity index (χ0v) is 14.0. The van der Waals surface area contributed by atoms with Gasteiger partial charge in [0, 0.05) is 5.56 Å². The van der Waals surface area contributed by atoms with Crippen LogP contribution >= 0.6 is 0 Å². The van der Waals surface area contributed by atoms with Crippen molar-refractivity contribution in [2.24, 2.45) is 0 Å². The molecule has 0 bridgehead atoms. The van der Waals surface area contributed by atoms with Gasteiger partial charge in [0.2, 0.25) is 3.57 Å². The van der Waals surface area contributed by atoms with Crippen molar-refractivity contribution in [1.82, 2.24) is 0 Å². The fourth-order valence-corrected chi connectivity index (χ4v) is 4.26. The van der Waals surface area contributed by atoms with Crippen LogP contribution in [0.15, 0.2) is 55.1 Å². The monoisotopic (exact) mass is 379 g/mol. The highest BCUT2D eigenvalue weighted by Crippen LogP contribution is 2.09. The Bertz CT molecular complexity index is 546. The standard InChI is InChI=1S/C18H20IO/c1-3-5-14-20-17-12-10-16(11-13-17)19-18-9-7-6-8-15(18)4-2/h4,6-13H,2-3,5,14H2,1H3/q+1. The summed E-state index contributed by atoms with van der Waals surface area (Å²) in [7, 11) is 0. The number of halogens is 1. The fraction of sp³-hybridized carbons (Fsp3) is 0.222. The summed E-state index contributed by atoms with van der Waals surface area (Å²) < 4.78 is 8.51. The van der Waals surface area contributed by atoms with Crippen molar-refractivity contribution in [3.63, 3.8) is 0 Å². The average molecular weight is 379 g/mol. The minimum atomic E-state index is -0.156. The molecule has 0 spiro atoms. The van der Waals surface area contributed by atoms with Crippen molar-refractivity contribution in [3.05, 3.63) is 67.8 Å². The molecule has 0 saturated carbocycles. The second-order valence-electron chi connectivity index (χ2n) is 4.48. The minimum Gasteiger partial charge on any atom is -0.494 e. The van der Waals surface area contributed by atoms with Crippen LogP contribution in [0.3, 0.4) is 0 Å². The predicted molar refractivity (Wildman–Crippen MR) is 80.8 cm³/mol. The first-order valence-corrected chi connectivity index (χ1v) is 9.08. The first kappa shape index (κ1) is 15.1. The smallest absolute Gasteiger partial charge is 0.358 e. The largest absolute Gasteiger partial charge is 0.494 e. The summed E-state index contributed by atoms with van der Waals surface area (Å²) in [5.41, 5.74) is 1.25. The predicted octanol–water partition coefficient (Wildman–Crippen LogP) is 1.64. The maximum Gasteiger partial charge on any atom is 0.358 e. The summed E-state index contributed by atoms with van der Waals surface area (Å²) in [6.07, 6.45) is 4.22. The molecule has 0 radical (unpaired) electrons. The molecule has 0 aliphatic rings. The molecular weight excluding hydrogens is 359 g/mol. The summed E-state index contributed by atoms with van der Waals surface area (Å²) in [6.45, 7) is 6.87. The molecule has 0 fully saturated rings. The molecular formula is C18H20IO+. The van der Waals surface area contributed by atoms with Gasteiger partial charge < -0.3 is 4.74 Å². The molecule has 0 atom stereocenters. The Morgan fingerprint density at radius 1 is 1.10 bits per heavy atom. The fourth-order valence-electron chi connectivity index (χ4n) is 1.77. The van der Waals surface area contributed by atoms with E-state index in [2.05, 4.69) is 62.0 Å². The molecule has 104 valence electrons. The van der Waals surface area contributed by atoms with Crippen LogP contribution in [-0.4, -0.2) is 6.61 Å². The van der Waals surface area contributed by atoms with Crippen LogP contribution < -0.4 is 25.9 Å². The van der Waals surface area contributed by atoms with E-state index >= 15 is 0 Å². The lowest BCUT2D eigenvalue weighted by atomic mass is 10.2. The van der Waals surface area contributed by atoms with Gasteiger partial charge in [-0.15, -0.1) is 0 Å². The Morgan fingerprint density at radius 2 is 1.85 bits per heavy atom. The number of hydrogen-bond acceptors (Lipinski definition) is 1. The quantitative estimate of drug-likeness (QED) is 0.525. The van der Waals surface area contributed by atoms with E-state index in [0.29, 0.717) is 0 Å². The molecule has 2 aromatic rings. The maximum absolute atomic E-state index is 5.69. The molecule has 0 N–H and O–H groups in total. The molecule has 1 nitrogen and oxygen atoms in total. The number of hydrogen-bond donors (Lipinski definition) is 0. The van der Waals surface area contributed by atoms with Crippen LogP contribution in [0.1, 0.15) is 25.3 Å². The van der Waals surface area contributed by atoms with Crippen LogP contribution in [-0.2, 0) is 0 Å². The lowest BCUT2D eigenvalue weighted by molar-refractivity contribution is -0.597. The topological polar surface area (TPSA) is 9.23 Å². The molecule has 2 rings (SSSR count). The van der Waals surface area contributed by atoms with E-state index in [1.54, 1.807) is 0 Å². The van der Waals surface area contributed by atoms with Gasteiger partial charge in [-0.1, -0.05) is 44.2 Å². The number of rotatable bonds is 7. The van der Waals surface area contributed by atoms with Gasteiger partial charge in [0.25, 0.3) is 0 Å². The molecule has 2 aromatic carbocycles. The van der Waals surface area contributed by atoms with E-state index in [1.165, 1.54) is 19.1 Å². The van der Waals surface area contributed by atoms with E-state index < -0.39 is 0 Å². The molecule has 0 aromatic heterocycles. The molecule has 0 heterocycles. The maximum atomic E-state index is 5.69. The van der Waals surface area contributed by atoms with Gasteiger partial charge in [-0.25, -0.2) is 0 Å². The Hall–Kier alpha value is -1.29. The average Bonchev–Trinajstić information content (AvgIpc) is 2.50. The zero-order chi connectivity index (χ0) is 14.2. The van der Waals surface area contributed by atoms with E-state index in [1.807, 2.05) is 6.08 Å². The Balaban J connectivity index is 2.01. The molecule has 0 amide bonds. The van der Waals surface area contributed by atoms with E-state index in [0.717, 1.165) is 18.8 Å². The summed E-state index contributed by atoms with van der Waals surface area (Å²) in [6, 6.07) is 17.0. The molecule has 0 saturated heterocycles. The third-order valence-electron chi connectivity index (χ3n) is 2.92. The number of ether oxygens (including phenoxy) is 1. The Kier molecular flexibility index (Phi) is 6.12. The zero-order valence-electron chi connectivity index (χ0n) is 11.8. The van der Waals surface area contributed by atoms with E-state index in [9.17, 15) is 0 Å². The van der Waals surface area contributed by atoms with Crippen LogP contribution in [0, 0.1) is 7.14 Å². The molecule has 20 heavy (non-hydrogen) atoms. The van der Waals surface area contributed by atoms with Crippen molar-refractivity contribution in [3.8, 4) is 5.75 Å². The first-order chi connectivity index (χ1) is 9.83. The van der Waals surface area contributed by atoms with Gasteiger partial charge in [0.15, 0.2) is 3.57 Å². The minimum absolute atomic E-state index is 0.156. The van der Waals surface area contributed by atoms with Crippen LogP contribution in [0.5, 0.6) is 5.75 Å². The molecule has 0 aliphatic heterocycles. The summed E-state index contributed by atoms with van der Waals surface area (Å²) in [4.78, 5) is 0. The van der Waals surface area contributed by atoms with E-state index in [4.69, 9.17) is 4.74 Å². The molecule has 0 aliphatic carbocycles. The third-order valence-corrected chi connectivity index (χ3v) is 5.82. The van der Waals surface area contributed by atoms with Crippen LogP contribution in [0.4, 0.5) is 0 Å². The van der Waals surface area contributed by atoms with Crippen molar-refractivity contribution >= 4 is 6.08 Å². The highest BCUT2D eigenvalue weighted by molar-refractivity contribution is 5.45. The van der Waals surface area contributed by atoms with E-state index in [-0.39, 0.29) is 21.2 Å². The van der Waals surface area contributed by atoms with Gasteiger partial charge in [0.05, 0.1) is 6.61 Å². The van der Waals surface area contributed by atoms with Gasteiger partial charge in [0.1, 0.15) is 5.75 Å². The summed E-state index contributed by atoms with van der Waals surface area (Å²) >= 11 is -0.156. The number of benzene rings is 2. The first-order valence-electron chi connectivity index (χ1n) is 6.92. The van der Waals surface area contributed by atoms with Crippen molar-refractivity contribution in [2.45, 2.75) is 19.8 Å². The molecule has 0 unspecified atom stereocenters. The second-order valence-corrected chi connectivity index (χ2v) is 7.42. The number of unbranched alkanes of at least 4 members (excludes halogenated alkanes) is 1. The lowest BCUT2D eigenvalue weighted by Gasteiger charge is -2.03. The molecule has 2 heteroatoms. The van der Waals surface area contributed by atoms with Crippen molar-refractivity contribution in [1.29, 1.82) is 0 Å². The van der Waals surface area contributed by atoms with Crippen molar-refractivity contribution < 1.29 is 25.9 Å². The Labute approximate surface area is 131 Å². The SMILES string of the molecule is C=Cc1ccccc1[I+]c1ccc(OCCCC)cc1. The highest BCUT2D eigenvalue weighted by Gasteiger charge is 2.18. The van der Waals surface area contributed by atoms with Gasteiger partial charge >= 0.3 is 21.2 Å². The van der Waals surface area contributed by atoms with Gasteiger partial charge in [-0.3, -0.25) is 0 Å². The van der Waals surface area contributed by atoms with Crippen LogP contribution in [0.2, 0.25) is 0 Å². The Morgan fingerprint density at radius 3 is 2.55 bits per heavy atom. The van der Waals surface area contributed by atoms with Crippen molar-refractivity contribution in [2.75, 3.05) is 6.61 Å². The summed E-state index contributed by atoms with van der Waals surface area (Å²) in [5.74, 6) is 0.975. The lowest BCUT2D eigenvalue weighted by Crippen LogP contribution is -3.61. The van der Waals surface area contributed by atoms with Crippen LogP contribution in [0.25, 0.3) is 6.08 Å². The third kappa shape index (κ3) is 4.37. The van der Waals surface area contributed by atoms with Gasteiger partial charge in [-0.05, 0) is 36.8 Å². The second kappa shape index (κ2) is 8.10.